The predicted octanol–water partition coefficient (Wildman–Crippen LogP) is 4.74. The van der Waals surface area contributed by atoms with Crippen LogP contribution in [0.3, 0.4) is 0 Å². The minimum atomic E-state index is -0.844. The number of anilines is 1. The van der Waals surface area contributed by atoms with E-state index in [0.717, 1.165) is 58.7 Å². The number of aryl methyl sites for hydroxylation is 1. The highest BCUT2D eigenvalue weighted by Crippen LogP contribution is 2.43. The van der Waals surface area contributed by atoms with E-state index in [0.29, 0.717) is 44.8 Å². The van der Waals surface area contributed by atoms with Crippen molar-refractivity contribution in [3.8, 4) is 17.2 Å². The molecule has 0 radical (unpaired) electrons. The van der Waals surface area contributed by atoms with E-state index in [1.165, 1.54) is 0 Å². The van der Waals surface area contributed by atoms with Crippen LogP contribution in [0.2, 0.25) is 0 Å². The van der Waals surface area contributed by atoms with Gasteiger partial charge in [0.25, 0.3) is 0 Å². The molecule has 0 bridgehead atoms. The first-order valence-electron chi connectivity index (χ1n) is 15.7. The van der Waals surface area contributed by atoms with Crippen LogP contribution in [0.4, 0.5) is 5.69 Å². The molecule has 1 amide bonds. The highest BCUT2D eigenvalue weighted by Gasteiger charge is 2.47. The standard InChI is InChI=1S/C35H41N3O6/c1-2-3-15-38(27-8-4-6-23(17-27)19-36)32(39)21-37-20-28(25-11-13-30-26(18-25)14-16-42-30)33(35(40)41)29(37)12-10-24-7-5-9-31-34(24)44-22-43-31/h4-9,11,13,17-18,28-29,33H,2-3,10,12,14-16,19-22,36H2,1H3,(H,40,41). The molecule has 1 saturated heterocycles. The molecule has 3 N–H and O–H groups in total. The van der Waals surface area contributed by atoms with E-state index in [4.69, 9.17) is 19.9 Å². The summed E-state index contributed by atoms with van der Waals surface area (Å²) in [7, 11) is 0. The van der Waals surface area contributed by atoms with Crippen LogP contribution in [-0.2, 0) is 29.0 Å². The Morgan fingerprint density at radius 3 is 2.73 bits per heavy atom. The largest absolute Gasteiger partial charge is 0.493 e. The monoisotopic (exact) mass is 599 g/mol. The van der Waals surface area contributed by atoms with Gasteiger partial charge in [-0.25, -0.2) is 0 Å². The Bertz CT molecular complexity index is 1510. The van der Waals surface area contributed by atoms with Gasteiger partial charge in [0.15, 0.2) is 11.5 Å². The highest BCUT2D eigenvalue weighted by molar-refractivity contribution is 5.95. The third kappa shape index (κ3) is 6.12. The van der Waals surface area contributed by atoms with Crippen molar-refractivity contribution in [2.45, 2.75) is 57.5 Å². The molecule has 9 heteroatoms. The maximum atomic E-state index is 14.1. The average molecular weight is 600 g/mol. The zero-order chi connectivity index (χ0) is 30.6. The van der Waals surface area contributed by atoms with Gasteiger partial charge in [-0.3, -0.25) is 14.5 Å². The van der Waals surface area contributed by atoms with Crippen LogP contribution in [0, 0.1) is 5.92 Å². The second-order valence-corrected chi connectivity index (χ2v) is 11.9. The number of carboxylic acid groups (broad SMARTS) is 1. The molecule has 232 valence electrons. The second-order valence-electron chi connectivity index (χ2n) is 11.9. The number of carbonyl (C=O) groups excluding carboxylic acids is 1. The van der Waals surface area contributed by atoms with Crippen LogP contribution >= 0.6 is 0 Å². The molecule has 3 aromatic rings. The van der Waals surface area contributed by atoms with E-state index >= 15 is 0 Å². The van der Waals surface area contributed by atoms with Crippen LogP contribution in [0.25, 0.3) is 0 Å². The third-order valence-corrected chi connectivity index (χ3v) is 9.20. The average Bonchev–Trinajstić information content (AvgIpc) is 3.79. The van der Waals surface area contributed by atoms with Gasteiger partial charge in [0, 0.05) is 43.7 Å². The molecular weight excluding hydrogens is 558 g/mol. The maximum absolute atomic E-state index is 14.1. The zero-order valence-corrected chi connectivity index (χ0v) is 25.2. The van der Waals surface area contributed by atoms with Gasteiger partial charge in [-0.1, -0.05) is 49.7 Å². The summed E-state index contributed by atoms with van der Waals surface area (Å²) in [6.45, 7) is 4.51. The summed E-state index contributed by atoms with van der Waals surface area (Å²) < 4.78 is 17.0. The Hall–Kier alpha value is -4.08. The van der Waals surface area contributed by atoms with E-state index in [2.05, 4.69) is 17.9 Å². The minimum absolute atomic E-state index is 0.0397. The van der Waals surface area contributed by atoms with Crippen LogP contribution < -0.4 is 24.8 Å². The van der Waals surface area contributed by atoms with Crippen LogP contribution in [0.15, 0.2) is 60.7 Å². The van der Waals surface area contributed by atoms with Crippen LogP contribution in [-0.4, -0.2) is 61.0 Å². The van der Waals surface area contributed by atoms with E-state index in [1.54, 1.807) is 0 Å². The summed E-state index contributed by atoms with van der Waals surface area (Å²) in [6, 6.07) is 19.3. The first-order chi connectivity index (χ1) is 21.5. The first kappa shape index (κ1) is 30.0. The molecule has 0 saturated carbocycles. The van der Waals surface area contributed by atoms with E-state index in [1.807, 2.05) is 59.5 Å². The van der Waals surface area contributed by atoms with E-state index < -0.39 is 11.9 Å². The lowest BCUT2D eigenvalue weighted by molar-refractivity contribution is -0.143. The van der Waals surface area contributed by atoms with Crippen molar-refractivity contribution in [1.29, 1.82) is 0 Å². The second kappa shape index (κ2) is 13.3. The van der Waals surface area contributed by atoms with Gasteiger partial charge < -0.3 is 30.0 Å². The number of benzene rings is 3. The summed E-state index contributed by atoms with van der Waals surface area (Å²) in [4.78, 5) is 31.1. The lowest BCUT2D eigenvalue weighted by Gasteiger charge is -2.30. The van der Waals surface area contributed by atoms with Gasteiger partial charge in [-0.2, -0.15) is 0 Å². The number of hydrogen-bond acceptors (Lipinski definition) is 7. The Morgan fingerprint density at radius 2 is 1.91 bits per heavy atom. The van der Waals surface area contributed by atoms with E-state index in [9.17, 15) is 14.7 Å². The van der Waals surface area contributed by atoms with Gasteiger partial charge in [0.05, 0.1) is 19.1 Å². The molecule has 3 aliphatic rings. The molecule has 3 aliphatic heterocycles. The van der Waals surface area contributed by atoms with Crippen LogP contribution in [0.1, 0.15) is 54.4 Å². The number of rotatable bonds is 12. The lowest BCUT2D eigenvalue weighted by atomic mass is 9.83. The number of carbonyl (C=O) groups is 2. The number of likely N-dealkylation sites (tertiary alicyclic amines) is 1. The molecule has 44 heavy (non-hydrogen) atoms. The molecule has 3 atom stereocenters. The van der Waals surface area contributed by atoms with Gasteiger partial charge in [-0.05, 0) is 65.8 Å². The van der Waals surface area contributed by atoms with E-state index in [-0.39, 0.29) is 31.2 Å². The lowest BCUT2D eigenvalue weighted by Crippen LogP contribution is -2.44. The Kier molecular flexibility index (Phi) is 9.04. The molecule has 0 aliphatic carbocycles. The summed E-state index contributed by atoms with van der Waals surface area (Å²) >= 11 is 0. The Balaban J connectivity index is 1.31. The fourth-order valence-electron chi connectivity index (χ4n) is 6.94. The highest BCUT2D eigenvalue weighted by atomic mass is 16.7. The number of fused-ring (bicyclic) bond motifs is 2. The van der Waals surface area contributed by atoms with Gasteiger partial charge in [0.1, 0.15) is 5.75 Å². The van der Waals surface area contributed by atoms with Gasteiger partial charge in [0.2, 0.25) is 12.7 Å². The number of para-hydroxylation sites is 1. The Labute approximate surface area is 258 Å². The quantitative estimate of drug-likeness (QED) is 0.307. The molecule has 6 rings (SSSR count). The fourth-order valence-corrected chi connectivity index (χ4v) is 6.94. The zero-order valence-electron chi connectivity index (χ0n) is 25.2. The Morgan fingerprint density at radius 1 is 1.05 bits per heavy atom. The van der Waals surface area contributed by atoms with Crippen molar-refractivity contribution in [1.82, 2.24) is 4.90 Å². The number of nitrogens with zero attached hydrogens (tertiary/aromatic N) is 2. The number of hydrogen-bond donors (Lipinski definition) is 2. The van der Waals surface area contributed by atoms with Crippen molar-refractivity contribution in [3.05, 3.63) is 82.9 Å². The number of nitrogens with two attached hydrogens (primary N) is 1. The van der Waals surface area contributed by atoms with Gasteiger partial charge in [-0.15, -0.1) is 0 Å². The van der Waals surface area contributed by atoms with Crippen molar-refractivity contribution in [2.75, 3.05) is 37.9 Å². The van der Waals surface area contributed by atoms with Crippen molar-refractivity contribution < 1.29 is 28.9 Å². The molecule has 0 aromatic heterocycles. The molecule has 3 aromatic carbocycles. The molecule has 9 nitrogen and oxygen atoms in total. The maximum Gasteiger partial charge on any atom is 0.308 e. The van der Waals surface area contributed by atoms with Crippen LogP contribution in [0.5, 0.6) is 17.2 Å². The molecule has 3 heterocycles. The summed E-state index contributed by atoms with van der Waals surface area (Å²) in [5.74, 6) is 0.475. The number of ether oxygens (including phenoxy) is 3. The molecule has 0 spiro atoms. The van der Waals surface area contributed by atoms with Crippen molar-refractivity contribution in [2.24, 2.45) is 11.7 Å². The minimum Gasteiger partial charge on any atom is -0.493 e. The van der Waals surface area contributed by atoms with Gasteiger partial charge >= 0.3 is 5.97 Å². The normalized spacial score (nSPS) is 20.4. The summed E-state index contributed by atoms with van der Waals surface area (Å²) in [5.41, 5.74) is 10.8. The smallest absolute Gasteiger partial charge is 0.308 e. The fraction of sp³-hybridized carbons (Fsp3) is 0.429. The molecule has 1 fully saturated rings. The number of unbranched alkanes of at least 4 members (excludes halogenated alkanes) is 1. The number of aliphatic carboxylic acids is 1. The number of amides is 1. The summed E-state index contributed by atoms with van der Waals surface area (Å²) in [6.07, 6.45) is 3.79. The molecular formula is C35H41N3O6. The predicted molar refractivity (Wildman–Crippen MR) is 167 cm³/mol. The SMILES string of the molecule is CCCCN(C(=O)CN1CC(c2ccc3c(c2)CCO3)C(C(=O)O)C1CCc1cccc2c1OCO2)c1cccc(CN)c1. The van der Waals surface area contributed by atoms with Crippen molar-refractivity contribution >= 4 is 17.6 Å². The third-order valence-electron chi connectivity index (χ3n) is 9.20. The first-order valence-corrected chi connectivity index (χ1v) is 15.7. The topological polar surface area (TPSA) is 115 Å². The number of carboxylic acids is 1. The molecule has 3 unspecified atom stereocenters. The summed E-state index contributed by atoms with van der Waals surface area (Å²) in [5, 5.41) is 10.7. The van der Waals surface area contributed by atoms with Crippen molar-refractivity contribution in [3.63, 3.8) is 0 Å².